The number of nitrogens with one attached hydrogen (secondary N) is 1. The third kappa shape index (κ3) is 3.92. The number of sulfonamides is 1. The van der Waals surface area contributed by atoms with E-state index >= 15 is 0 Å². The van der Waals surface area contributed by atoms with Crippen molar-refractivity contribution in [3.05, 3.63) is 17.7 Å². The molecule has 4 rings (SSSR count). The normalized spacial score (nSPS) is 23.5. The van der Waals surface area contributed by atoms with Gasteiger partial charge in [-0.3, -0.25) is 9.59 Å². The van der Waals surface area contributed by atoms with E-state index in [9.17, 15) is 18.0 Å². The van der Waals surface area contributed by atoms with Crippen molar-refractivity contribution in [2.24, 2.45) is 5.92 Å². The van der Waals surface area contributed by atoms with E-state index in [-0.39, 0.29) is 35.3 Å². The van der Waals surface area contributed by atoms with Crippen LogP contribution in [0.15, 0.2) is 17.0 Å². The number of amides is 2. The van der Waals surface area contributed by atoms with E-state index in [0.717, 1.165) is 25.8 Å². The van der Waals surface area contributed by atoms with Crippen LogP contribution in [0.3, 0.4) is 0 Å². The Bertz CT molecular complexity index is 954. The minimum Gasteiger partial charge on any atom is -0.482 e. The Kier molecular flexibility index (Phi) is 5.76. The van der Waals surface area contributed by atoms with Crippen LogP contribution in [0.25, 0.3) is 0 Å². The van der Waals surface area contributed by atoms with Crippen LogP contribution < -0.4 is 10.1 Å². The molecule has 2 fully saturated rings. The van der Waals surface area contributed by atoms with E-state index in [4.69, 9.17) is 4.74 Å². The Labute approximate surface area is 177 Å². The molecule has 2 saturated heterocycles. The Morgan fingerprint density at radius 1 is 1.13 bits per heavy atom. The summed E-state index contributed by atoms with van der Waals surface area (Å²) in [6, 6.07) is 3.39. The predicted molar refractivity (Wildman–Crippen MR) is 112 cm³/mol. The van der Waals surface area contributed by atoms with Gasteiger partial charge in [0.1, 0.15) is 5.75 Å². The molecule has 0 bridgehead atoms. The molecule has 9 heteroatoms. The van der Waals surface area contributed by atoms with Gasteiger partial charge in [-0.2, -0.15) is 4.31 Å². The van der Waals surface area contributed by atoms with Crippen molar-refractivity contribution < 1.29 is 22.7 Å². The van der Waals surface area contributed by atoms with Crippen molar-refractivity contribution in [2.45, 2.75) is 56.9 Å². The maximum absolute atomic E-state index is 13.3. The fourth-order valence-electron chi connectivity index (χ4n) is 4.64. The Balaban J connectivity index is 1.47. The van der Waals surface area contributed by atoms with Gasteiger partial charge in [0.05, 0.1) is 10.6 Å². The van der Waals surface area contributed by atoms with Gasteiger partial charge in [-0.15, -0.1) is 0 Å². The van der Waals surface area contributed by atoms with Gasteiger partial charge in [0, 0.05) is 37.7 Å². The zero-order valence-electron chi connectivity index (χ0n) is 17.5. The van der Waals surface area contributed by atoms with E-state index in [0.29, 0.717) is 42.9 Å². The first-order chi connectivity index (χ1) is 14.3. The van der Waals surface area contributed by atoms with E-state index in [2.05, 4.69) is 12.2 Å². The lowest BCUT2D eigenvalue weighted by Gasteiger charge is -2.38. The quantitative estimate of drug-likeness (QED) is 0.785. The number of likely N-dealkylation sites (tertiary alicyclic amines) is 1. The van der Waals surface area contributed by atoms with E-state index in [1.54, 1.807) is 13.0 Å². The molecule has 1 unspecified atom stereocenters. The van der Waals surface area contributed by atoms with Crippen molar-refractivity contribution in [1.82, 2.24) is 9.21 Å². The number of anilines is 1. The summed E-state index contributed by atoms with van der Waals surface area (Å²) in [5, 5.41) is 2.70. The molecule has 3 aliphatic rings. The molecule has 0 spiro atoms. The van der Waals surface area contributed by atoms with Crippen LogP contribution in [0.5, 0.6) is 5.75 Å². The first kappa shape index (κ1) is 21.1. The molecule has 0 aromatic heterocycles. The van der Waals surface area contributed by atoms with Gasteiger partial charge in [0.15, 0.2) is 6.61 Å². The largest absolute Gasteiger partial charge is 0.482 e. The van der Waals surface area contributed by atoms with Crippen LogP contribution in [0.4, 0.5) is 5.69 Å². The van der Waals surface area contributed by atoms with Crippen LogP contribution in [0, 0.1) is 12.8 Å². The summed E-state index contributed by atoms with van der Waals surface area (Å²) in [7, 11) is -3.71. The SMILES string of the molecule is Cc1cc2c(cc1S(=O)(=O)N1CCC(C(=O)N3CCCCC3C)CC1)OCC(=O)N2. The number of hydrogen-bond donors (Lipinski definition) is 1. The van der Waals surface area contributed by atoms with Crippen molar-refractivity contribution in [3.8, 4) is 5.75 Å². The summed E-state index contributed by atoms with van der Waals surface area (Å²) in [5.41, 5.74) is 1.04. The minimum atomic E-state index is -3.71. The van der Waals surface area contributed by atoms with Gasteiger partial charge in [-0.05, 0) is 57.6 Å². The van der Waals surface area contributed by atoms with Crippen LogP contribution in [0.1, 0.15) is 44.6 Å². The zero-order chi connectivity index (χ0) is 21.5. The average Bonchev–Trinajstić information content (AvgIpc) is 2.73. The number of ether oxygens (including phenoxy) is 1. The smallest absolute Gasteiger partial charge is 0.262 e. The fraction of sp³-hybridized carbons (Fsp3) is 0.619. The molecule has 0 saturated carbocycles. The Morgan fingerprint density at radius 3 is 2.57 bits per heavy atom. The summed E-state index contributed by atoms with van der Waals surface area (Å²) in [5.74, 6) is 0.170. The number of carbonyl (C=O) groups is 2. The number of carbonyl (C=O) groups excluding carboxylic acids is 2. The van der Waals surface area contributed by atoms with Crippen LogP contribution in [-0.2, 0) is 19.6 Å². The number of nitrogens with zero attached hydrogens (tertiary/aromatic N) is 2. The number of piperidine rings is 2. The highest BCUT2D eigenvalue weighted by atomic mass is 32.2. The van der Waals surface area contributed by atoms with Gasteiger partial charge in [0.2, 0.25) is 15.9 Å². The van der Waals surface area contributed by atoms with E-state index in [1.165, 1.54) is 10.4 Å². The number of fused-ring (bicyclic) bond motifs is 1. The number of hydrogen-bond acceptors (Lipinski definition) is 5. The number of aryl methyl sites for hydroxylation is 1. The molecule has 30 heavy (non-hydrogen) atoms. The molecule has 3 aliphatic heterocycles. The molecule has 1 aromatic rings. The van der Waals surface area contributed by atoms with Gasteiger partial charge in [0.25, 0.3) is 5.91 Å². The molecular weight excluding hydrogens is 406 g/mol. The highest BCUT2D eigenvalue weighted by Gasteiger charge is 2.36. The van der Waals surface area contributed by atoms with Crippen molar-refractivity contribution in [3.63, 3.8) is 0 Å². The third-order valence-corrected chi connectivity index (χ3v) is 8.46. The number of benzene rings is 1. The Morgan fingerprint density at radius 2 is 1.87 bits per heavy atom. The lowest BCUT2D eigenvalue weighted by atomic mass is 9.94. The lowest BCUT2D eigenvalue weighted by molar-refractivity contribution is -0.140. The van der Waals surface area contributed by atoms with Gasteiger partial charge < -0.3 is 15.0 Å². The highest BCUT2D eigenvalue weighted by Crippen LogP contribution is 2.35. The maximum Gasteiger partial charge on any atom is 0.262 e. The second-order valence-corrected chi connectivity index (χ2v) is 10.4. The van der Waals surface area contributed by atoms with Gasteiger partial charge >= 0.3 is 0 Å². The Hall–Kier alpha value is -2.13. The van der Waals surface area contributed by atoms with E-state index < -0.39 is 10.0 Å². The summed E-state index contributed by atoms with van der Waals surface area (Å²) in [4.78, 5) is 26.6. The molecule has 0 aliphatic carbocycles. The number of rotatable bonds is 3. The first-order valence-electron chi connectivity index (χ1n) is 10.7. The maximum atomic E-state index is 13.3. The molecule has 2 amide bonds. The molecule has 8 nitrogen and oxygen atoms in total. The zero-order valence-corrected chi connectivity index (χ0v) is 18.3. The molecule has 164 valence electrons. The minimum absolute atomic E-state index is 0.111. The van der Waals surface area contributed by atoms with E-state index in [1.807, 2.05) is 4.90 Å². The fourth-order valence-corrected chi connectivity index (χ4v) is 6.33. The predicted octanol–water partition coefficient (Wildman–Crippen LogP) is 2.13. The van der Waals surface area contributed by atoms with Crippen LogP contribution in [0.2, 0.25) is 0 Å². The second kappa shape index (κ2) is 8.19. The average molecular weight is 436 g/mol. The first-order valence-corrected chi connectivity index (χ1v) is 12.1. The molecule has 1 N–H and O–H groups in total. The van der Waals surface area contributed by atoms with Crippen LogP contribution in [-0.4, -0.2) is 61.7 Å². The topological polar surface area (TPSA) is 96.0 Å². The molecule has 0 radical (unpaired) electrons. The second-order valence-electron chi connectivity index (χ2n) is 8.51. The van der Waals surface area contributed by atoms with Crippen molar-refractivity contribution in [2.75, 3.05) is 31.6 Å². The summed E-state index contributed by atoms with van der Waals surface area (Å²) in [6.07, 6.45) is 4.33. The van der Waals surface area contributed by atoms with Gasteiger partial charge in [-0.1, -0.05) is 0 Å². The molecular formula is C21H29N3O5S. The molecule has 1 aromatic carbocycles. The highest BCUT2D eigenvalue weighted by molar-refractivity contribution is 7.89. The van der Waals surface area contributed by atoms with Crippen LogP contribution >= 0.6 is 0 Å². The monoisotopic (exact) mass is 435 g/mol. The summed E-state index contributed by atoms with van der Waals surface area (Å²) in [6.45, 7) is 5.15. The van der Waals surface area contributed by atoms with Crippen molar-refractivity contribution >= 4 is 27.5 Å². The lowest BCUT2D eigenvalue weighted by Crippen LogP contribution is -2.48. The molecule has 1 atom stereocenters. The van der Waals surface area contributed by atoms with Gasteiger partial charge in [-0.25, -0.2) is 8.42 Å². The van der Waals surface area contributed by atoms with Crippen molar-refractivity contribution in [1.29, 1.82) is 0 Å². The summed E-state index contributed by atoms with van der Waals surface area (Å²) < 4.78 is 33.4. The molecule has 3 heterocycles. The third-order valence-electron chi connectivity index (χ3n) is 6.42. The standard InChI is InChI=1S/C21H29N3O5S/c1-14-11-17-18(29-13-20(25)22-17)12-19(14)30(27,28)23-9-6-16(7-10-23)21(26)24-8-4-3-5-15(24)2/h11-12,15-16H,3-10,13H2,1-2H3,(H,22,25). The summed E-state index contributed by atoms with van der Waals surface area (Å²) >= 11 is 0.